The molecule has 0 aliphatic rings. The van der Waals surface area contributed by atoms with Crippen molar-refractivity contribution in [3.05, 3.63) is 35.1 Å². The van der Waals surface area contributed by atoms with Gasteiger partial charge in [-0.15, -0.1) is 0 Å². The molecule has 6 heteroatoms. The van der Waals surface area contributed by atoms with Crippen LogP contribution in [0.1, 0.15) is 111 Å². The highest BCUT2D eigenvalue weighted by atomic mass is 19.2. The first-order valence-corrected chi connectivity index (χ1v) is 12.8. The van der Waals surface area contributed by atoms with Crippen molar-refractivity contribution in [3.8, 4) is 0 Å². The smallest absolute Gasteiger partial charge is 0.283 e. The van der Waals surface area contributed by atoms with E-state index in [-0.39, 0.29) is 18.1 Å². The van der Waals surface area contributed by atoms with Gasteiger partial charge in [-0.05, 0) is 71.1 Å². The second-order valence-corrected chi connectivity index (χ2v) is 9.69. The molecule has 1 rings (SSSR count). The first-order chi connectivity index (χ1) is 15.6. The maximum absolute atomic E-state index is 13.4. The lowest BCUT2D eigenvalue weighted by atomic mass is 9.91. The van der Waals surface area contributed by atoms with Crippen LogP contribution in [0.15, 0.2) is 12.1 Å². The van der Waals surface area contributed by atoms with E-state index in [4.69, 9.17) is 9.47 Å². The van der Waals surface area contributed by atoms with Crippen LogP contribution in [0.3, 0.4) is 0 Å². The summed E-state index contributed by atoms with van der Waals surface area (Å²) < 4.78 is 51.7. The van der Waals surface area contributed by atoms with E-state index in [1.807, 2.05) is 27.7 Å². The van der Waals surface area contributed by atoms with Gasteiger partial charge < -0.3 is 14.6 Å². The first kappa shape index (κ1) is 29.9. The molecule has 0 aliphatic heterocycles. The fourth-order valence-corrected chi connectivity index (χ4v) is 4.22. The van der Waals surface area contributed by atoms with Gasteiger partial charge in [0.05, 0.1) is 12.2 Å². The molecule has 3 nitrogen and oxygen atoms in total. The summed E-state index contributed by atoms with van der Waals surface area (Å²) in [6.07, 6.45) is 11.1. The molecule has 0 heterocycles. The number of benzene rings is 1. The standard InChI is InChI=1S/C27H45F3O3/c1-6-7-8-9-10-13-16-23(27(31,32-20(2)3)33-21(4)5)17-14-11-12-15-22-18-24(28)26(30)25(29)19-22/h18-21,23,31H,6-17H2,1-5H3. The number of hydrogen-bond acceptors (Lipinski definition) is 3. The zero-order valence-electron chi connectivity index (χ0n) is 21.3. The lowest BCUT2D eigenvalue weighted by molar-refractivity contribution is -0.407. The maximum Gasteiger partial charge on any atom is 0.283 e. The summed E-state index contributed by atoms with van der Waals surface area (Å²) in [6.45, 7) is 9.75. The summed E-state index contributed by atoms with van der Waals surface area (Å²) in [6, 6.07) is 2.12. The van der Waals surface area contributed by atoms with Crippen LogP contribution in [-0.2, 0) is 15.9 Å². The van der Waals surface area contributed by atoms with Gasteiger partial charge in [-0.2, -0.15) is 0 Å². The van der Waals surface area contributed by atoms with Crippen molar-refractivity contribution < 1.29 is 27.8 Å². The third kappa shape index (κ3) is 11.7. The quantitative estimate of drug-likeness (QED) is 0.133. The second-order valence-electron chi connectivity index (χ2n) is 9.69. The van der Waals surface area contributed by atoms with Crippen LogP contribution in [0.25, 0.3) is 0 Å². The number of halogens is 3. The fraction of sp³-hybridized carbons (Fsp3) is 0.778. The van der Waals surface area contributed by atoms with E-state index in [2.05, 4.69) is 6.92 Å². The average molecular weight is 475 g/mol. The van der Waals surface area contributed by atoms with E-state index >= 15 is 0 Å². The summed E-state index contributed by atoms with van der Waals surface area (Å²) >= 11 is 0. The number of rotatable bonds is 18. The minimum Gasteiger partial charge on any atom is -0.343 e. The van der Waals surface area contributed by atoms with Crippen LogP contribution >= 0.6 is 0 Å². The Morgan fingerprint density at radius 2 is 1.21 bits per heavy atom. The molecule has 0 radical (unpaired) electrons. The minimum atomic E-state index is -1.63. The van der Waals surface area contributed by atoms with Gasteiger partial charge in [0.1, 0.15) is 0 Å². The molecule has 192 valence electrons. The van der Waals surface area contributed by atoms with Crippen LogP contribution in [0.5, 0.6) is 0 Å². The molecule has 1 aromatic rings. The molecule has 33 heavy (non-hydrogen) atoms. The van der Waals surface area contributed by atoms with Gasteiger partial charge in [0.15, 0.2) is 17.5 Å². The van der Waals surface area contributed by atoms with E-state index in [9.17, 15) is 18.3 Å². The topological polar surface area (TPSA) is 38.7 Å². The Labute approximate surface area is 199 Å². The number of aliphatic hydroxyl groups is 1. The van der Waals surface area contributed by atoms with Gasteiger partial charge in [0.25, 0.3) is 5.97 Å². The number of hydrogen-bond donors (Lipinski definition) is 1. The molecule has 0 saturated heterocycles. The molecule has 0 aliphatic carbocycles. The fourth-order valence-electron chi connectivity index (χ4n) is 4.22. The number of aryl methyl sites for hydroxylation is 1. The van der Waals surface area contributed by atoms with Gasteiger partial charge in [0.2, 0.25) is 0 Å². The van der Waals surface area contributed by atoms with E-state index in [1.54, 1.807) is 0 Å². The van der Waals surface area contributed by atoms with Crippen molar-refractivity contribution in [1.29, 1.82) is 0 Å². The molecule has 0 aromatic heterocycles. The minimum absolute atomic E-state index is 0.158. The Balaban J connectivity index is 2.65. The maximum atomic E-state index is 13.4. The van der Waals surface area contributed by atoms with Gasteiger partial charge in [-0.3, -0.25) is 0 Å². The largest absolute Gasteiger partial charge is 0.343 e. The third-order valence-electron chi connectivity index (χ3n) is 5.79. The third-order valence-corrected chi connectivity index (χ3v) is 5.79. The Morgan fingerprint density at radius 1 is 0.758 bits per heavy atom. The highest BCUT2D eigenvalue weighted by molar-refractivity contribution is 5.19. The lowest BCUT2D eigenvalue weighted by Gasteiger charge is -2.38. The molecule has 0 spiro atoms. The second kappa shape index (κ2) is 15.7. The van der Waals surface area contributed by atoms with Crippen LogP contribution < -0.4 is 0 Å². The number of unbranched alkanes of at least 4 members (excludes halogenated alkanes) is 7. The molecule has 1 N–H and O–H groups in total. The normalized spacial score (nSPS) is 13.3. The monoisotopic (exact) mass is 474 g/mol. The summed E-state index contributed by atoms with van der Waals surface area (Å²) in [7, 11) is 0. The highest BCUT2D eigenvalue weighted by Gasteiger charge is 2.40. The zero-order chi connectivity index (χ0) is 24.9. The van der Waals surface area contributed by atoms with Crippen molar-refractivity contribution >= 4 is 0 Å². The Morgan fingerprint density at radius 3 is 1.70 bits per heavy atom. The lowest BCUT2D eigenvalue weighted by Crippen LogP contribution is -2.47. The average Bonchev–Trinajstić information content (AvgIpc) is 2.71. The van der Waals surface area contributed by atoms with Crippen LogP contribution in [0, 0.1) is 23.4 Å². The number of ether oxygens (including phenoxy) is 2. The van der Waals surface area contributed by atoms with Crippen LogP contribution in [0.4, 0.5) is 13.2 Å². The predicted octanol–water partition coefficient (Wildman–Crippen LogP) is 8.07. The molecular weight excluding hydrogens is 429 g/mol. The Bertz CT molecular complexity index is 631. The molecular formula is C27H45F3O3. The first-order valence-electron chi connectivity index (χ1n) is 12.8. The SMILES string of the molecule is CCCCCCCCC(CCCCCc1cc(F)c(F)c(F)c1)C(O)(OC(C)C)OC(C)C. The molecule has 1 unspecified atom stereocenters. The van der Waals surface area contributed by atoms with Gasteiger partial charge in [-0.1, -0.05) is 58.3 Å². The predicted molar refractivity (Wildman–Crippen MR) is 127 cm³/mol. The Hall–Kier alpha value is -1.11. The van der Waals surface area contributed by atoms with Crippen molar-refractivity contribution in [1.82, 2.24) is 0 Å². The van der Waals surface area contributed by atoms with E-state index in [0.29, 0.717) is 12.0 Å². The molecule has 0 saturated carbocycles. The van der Waals surface area contributed by atoms with Gasteiger partial charge in [-0.25, -0.2) is 13.2 Å². The van der Waals surface area contributed by atoms with Gasteiger partial charge >= 0.3 is 0 Å². The molecule has 1 aromatic carbocycles. The summed E-state index contributed by atoms with van der Waals surface area (Å²) in [5, 5.41) is 11.3. The molecule has 0 fully saturated rings. The van der Waals surface area contributed by atoms with Crippen LogP contribution in [-0.4, -0.2) is 23.3 Å². The molecule has 0 bridgehead atoms. The van der Waals surface area contributed by atoms with Crippen molar-refractivity contribution in [3.63, 3.8) is 0 Å². The summed E-state index contributed by atoms with van der Waals surface area (Å²) in [5.74, 6) is -5.51. The van der Waals surface area contributed by atoms with Crippen molar-refractivity contribution in [2.45, 2.75) is 130 Å². The molecule has 1 atom stereocenters. The van der Waals surface area contributed by atoms with E-state index in [0.717, 1.165) is 57.1 Å². The summed E-state index contributed by atoms with van der Waals surface area (Å²) in [4.78, 5) is 0. The zero-order valence-corrected chi connectivity index (χ0v) is 21.3. The highest BCUT2D eigenvalue weighted by Crippen LogP contribution is 2.33. The van der Waals surface area contributed by atoms with Gasteiger partial charge in [0, 0.05) is 5.92 Å². The summed E-state index contributed by atoms with van der Waals surface area (Å²) in [5.41, 5.74) is 0.456. The molecule has 0 amide bonds. The Kier molecular flexibility index (Phi) is 14.3. The van der Waals surface area contributed by atoms with E-state index < -0.39 is 23.4 Å². The van der Waals surface area contributed by atoms with Crippen molar-refractivity contribution in [2.24, 2.45) is 5.92 Å². The van der Waals surface area contributed by atoms with E-state index in [1.165, 1.54) is 25.7 Å². The van der Waals surface area contributed by atoms with Crippen LogP contribution in [0.2, 0.25) is 0 Å². The van der Waals surface area contributed by atoms with Crippen molar-refractivity contribution in [2.75, 3.05) is 0 Å².